The predicted molar refractivity (Wildman–Crippen MR) is 66.4 cm³/mol. The second-order valence-electron chi connectivity index (χ2n) is 5.92. The van der Waals surface area contributed by atoms with Crippen molar-refractivity contribution in [1.82, 2.24) is 4.90 Å². The van der Waals surface area contributed by atoms with Crippen LogP contribution in [0.5, 0.6) is 0 Å². The third kappa shape index (κ3) is 1.56. The predicted octanol–water partition coefficient (Wildman–Crippen LogP) is 1.95. The maximum absolute atomic E-state index is 12.4. The van der Waals surface area contributed by atoms with Crippen molar-refractivity contribution in [1.29, 1.82) is 0 Å². The van der Waals surface area contributed by atoms with Gasteiger partial charge in [-0.3, -0.25) is 9.59 Å². The van der Waals surface area contributed by atoms with E-state index in [1.165, 1.54) is 0 Å². The van der Waals surface area contributed by atoms with Gasteiger partial charge < -0.3 is 4.90 Å². The van der Waals surface area contributed by atoms with Crippen LogP contribution in [0.15, 0.2) is 24.8 Å². The van der Waals surface area contributed by atoms with Gasteiger partial charge in [0.05, 0.1) is 0 Å². The molecule has 0 radical (unpaired) electrons. The van der Waals surface area contributed by atoms with Crippen molar-refractivity contribution in [3.05, 3.63) is 24.8 Å². The molecule has 0 bridgehead atoms. The smallest absolute Gasteiger partial charge is 0.241 e. The number of Topliss-reactive ketones (excluding diaryl/α,β-unsaturated/α-hetero) is 1. The van der Waals surface area contributed by atoms with Gasteiger partial charge in [0.1, 0.15) is 5.41 Å². The maximum atomic E-state index is 12.4. The van der Waals surface area contributed by atoms with Crippen LogP contribution in [0.3, 0.4) is 0 Å². The van der Waals surface area contributed by atoms with E-state index in [4.69, 9.17) is 0 Å². The molecule has 17 heavy (non-hydrogen) atoms. The molecular weight excluding hydrogens is 214 g/mol. The zero-order valence-corrected chi connectivity index (χ0v) is 10.6. The van der Waals surface area contributed by atoms with Gasteiger partial charge in [0, 0.05) is 19.5 Å². The van der Waals surface area contributed by atoms with Crippen molar-refractivity contribution in [3.63, 3.8) is 0 Å². The van der Waals surface area contributed by atoms with E-state index in [-0.39, 0.29) is 17.1 Å². The Labute approximate surface area is 102 Å². The van der Waals surface area contributed by atoms with Crippen LogP contribution in [-0.4, -0.2) is 29.7 Å². The average molecular weight is 233 g/mol. The van der Waals surface area contributed by atoms with E-state index in [2.05, 4.69) is 13.2 Å². The fraction of sp³-hybridized carbons (Fsp3) is 0.571. The van der Waals surface area contributed by atoms with Crippen molar-refractivity contribution < 1.29 is 9.59 Å². The van der Waals surface area contributed by atoms with Crippen molar-refractivity contribution in [2.45, 2.75) is 26.7 Å². The van der Waals surface area contributed by atoms with Gasteiger partial charge in [-0.1, -0.05) is 26.5 Å². The minimum Gasteiger partial charge on any atom is -0.334 e. The van der Waals surface area contributed by atoms with Gasteiger partial charge in [-0.15, -0.1) is 6.58 Å². The molecule has 2 rings (SSSR count). The Kier molecular flexibility index (Phi) is 2.53. The van der Waals surface area contributed by atoms with E-state index in [9.17, 15) is 9.59 Å². The van der Waals surface area contributed by atoms with Gasteiger partial charge in [-0.05, 0) is 17.4 Å². The highest BCUT2D eigenvalue weighted by Gasteiger charge is 2.61. The third-order valence-electron chi connectivity index (χ3n) is 3.85. The minimum absolute atomic E-state index is 0.0454. The molecule has 1 atom stereocenters. The lowest BCUT2D eigenvalue weighted by Gasteiger charge is -2.23. The molecule has 1 saturated carbocycles. The summed E-state index contributed by atoms with van der Waals surface area (Å²) in [7, 11) is 0. The summed E-state index contributed by atoms with van der Waals surface area (Å²) in [6, 6.07) is 0. The second-order valence-corrected chi connectivity index (χ2v) is 5.92. The Hall–Kier alpha value is -1.38. The molecule has 1 aliphatic heterocycles. The number of carbonyl (C=O) groups excluding carboxylic acids is 2. The molecule has 1 aliphatic carbocycles. The lowest BCUT2D eigenvalue weighted by molar-refractivity contribution is -0.140. The quantitative estimate of drug-likeness (QED) is 0.540. The molecule has 1 amide bonds. The number of carbonyl (C=O) groups is 2. The summed E-state index contributed by atoms with van der Waals surface area (Å²) in [5.74, 6) is -0.0259. The average Bonchev–Trinajstić information content (AvgIpc) is 2.58. The Balaban J connectivity index is 2.39. The summed E-state index contributed by atoms with van der Waals surface area (Å²) in [5, 5.41) is 0. The van der Waals surface area contributed by atoms with E-state index >= 15 is 0 Å². The molecule has 92 valence electrons. The molecule has 1 heterocycles. The van der Waals surface area contributed by atoms with E-state index < -0.39 is 5.41 Å². The highest BCUT2D eigenvalue weighted by atomic mass is 16.2. The van der Waals surface area contributed by atoms with Crippen LogP contribution in [0.1, 0.15) is 26.7 Å². The lowest BCUT2D eigenvalue weighted by atomic mass is 9.77. The standard InChI is InChI=1S/C14H19NO2/c1-5-6-15-8-10(2)14(12(15)17)9-13(3,4)7-11(14)16/h5H,1-2,6-9H2,3-4H3/t14-/m1/s1. The molecule has 0 unspecified atom stereocenters. The Bertz CT molecular complexity index is 422. The van der Waals surface area contributed by atoms with Crippen molar-refractivity contribution in [2.24, 2.45) is 10.8 Å². The summed E-state index contributed by atoms with van der Waals surface area (Å²) < 4.78 is 0. The van der Waals surface area contributed by atoms with Crippen LogP contribution < -0.4 is 0 Å². The monoisotopic (exact) mass is 233 g/mol. The number of rotatable bonds is 2. The lowest BCUT2D eigenvalue weighted by Crippen LogP contribution is -2.38. The fourth-order valence-corrected chi connectivity index (χ4v) is 3.14. The van der Waals surface area contributed by atoms with E-state index in [0.29, 0.717) is 25.9 Å². The van der Waals surface area contributed by atoms with Gasteiger partial charge >= 0.3 is 0 Å². The Morgan fingerprint density at radius 1 is 1.41 bits per heavy atom. The molecular formula is C14H19NO2. The third-order valence-corrected chi connectivity index (χ3v) is 3.85. The topological polar surface area (TPSA) is 37.4 Å². The van der Waals surface area contributed by atoms with Crippen molar-refractivity contribution in [3.8, 4) is 0 Å². The molecule has 0 aromatic carbocycles. The summed E-state index contributed by atoms with van der Waals surface area (Å²) in [5.41, 5.74) is -0.258. The molecule has 2 fully saturated rings. The highest BCUT2D eigenvalue weighted by molar-refractivity contribution is 6.12. The molecule has 1 spiro atoms. The molecule has 1 saturated heterocycles. The SMILES string of the molecule is C=CCN1CC(=C)[C@@]2(CC(C)(C)CC2=O)C1=O. The number of amides is 1. The second kappa shape index (κ2) is 3.56. The normalized spacial score (nSPS) is 31.6. The molecule has 2 aliphatic rings. The zero-order valence-electron chi connectivity index (χ0n) is 10.6. The minimum atomic E-state index is -0.924. The van der Waals surface area contributed by atoms with Crippen LogP contribution in [0.25, 0.3) is 0 Å². The maximum Gasteiger partial charge on any atom is 0.241 e. The van der Waals surface area contributed by atoms with Gasteiger partial charge in [0.2, 0.25) is 5.91 Å². The summed E-state index contributed by atoms with van der Waals surface area (Å²) in [4.78, 5) is 26.4. The number of likely N-dealkylation sites (tertiary alicyclic amines) is 1. The first kappa shape index (κ1) is 12.1. The first-order valence-electron chi connectivity index (χ1n) is 5.95. The van der Waals surface area contributed by atoms with E-state index in [0.717, 1.165) is 5.57 Å². The Morgan fingerprint density at radius 3 is 2.53 bits per heavy atom. The molecule has 0 N–H and O–H groups in total. The largest absolute Gasteiger partial charge is 0.334 e. The van der Waals surface area contributed by atoms with Crippen molar-refractivity contribution >= 4 is 11.7 Å². The number of ketones is 1. The van der Waals surface area contributed by atoms with Crippen LogP contribution in [0.2, 0.25) is 0 Å². The van der Waals surface area contributed by atoms with E-state index in [1.54, 1.807) is 11.0 Å². The number of nitrogens with zero attached hydrogens (tertiary/aromatic N) is 1. The first-order chi connectivity index (χ1) is 7.83. The summed E-state index contributed by atoms with van der Waals surface area (Å²) in [6.45, 7) is 12.7. The fourth-order valence-electron chi connectivity index (χ4n) is 3.14. The van der Waals surface area contributed by atoms with Gasteiger partial charge in [0.25, 0.3) is 0 Å². The Morgan fingerprint density at radius 2 is 2.06 bits per heavy atom. The number of hydrogen-bond donors (Lipinski definition) is 0. The molecule has 3 nitrogen and oxygen atoms in total. The first-order valence-corrected chi connectivity index (χ1v) is 5.95. The molecule has 0 aromatic heterocycles. The summed E-state index contributed by atoms with van der Waals surface area (Å²) in [6.07, 6.45) is 2.76. The van der Waals surface area contributed by atoms with Crippen LogP contribution in [0, 0.1) is 10.8 Å². The van der Waals surface area contributed by atoms with Gasteiger partial charge in [-0.2, -0.15) is 0 Å². The number of hydrogen-bond acceptors (Lipinski definition) is 2. The van der Waals surface area contributed by atoms with Gasteiger partial charge in [0.15, 0.2) is 5.78 Å². The summed E-state index contributed by atoms with van der Waals surface area (Å²) >= 11 is 0. The van der Waals surface area contributed by atoms with E-state index in [1.807, 2.05) is 13.8 Å². The van der Waals surface area contributed by atoms with Crippen LogP contribution >= 0.6 is 0 Å². The molecule has 0 aromatic rings. The van der Waals surface area contributed by atoms with Crippen LogP contribution in [-0.2, 0) is 9.59 Å². The molecule has 3 heteroatoms. The highest BCUT2D eigenvalue weighted by Crippen LogP contribution is 2.53. The zero-order chi connectivity index (χ0) is 12.8. The van der Waals surface area contributed by atoms with Crippen molar-refractivity contribution in [2.75, 3.05) is 13.1 Å². The van der Waals surface area contributed by atoms with Gasteiger partial charge in [-0.25, -0.2) is 0 Å². The van der Waals surface area contributed by atoms with Crippen LogP contribution in [0.4, 0.5) is 0 Å².